The lowest BCUT2D eigenvalue weighted by molar-refractivity contribution is -0.224. The summed E-state index contributed by atoms with van der Waals surface area (Å²) >= 11 is 0. The zero-order chi connectivity index (χ0) is 48.6. The minimum atomic E-state index is -1.40. The number of amides is 2. The van der Waals surface area contributed by atoms with E-state index in [0.717, 1.165) is 81.8 Å². The fourth-order valence-corrected chi connectivity index (χ4v) is 12.7. The molecule has 378 valence electrons. The third-order valence-electron chi connectivity index (χ3n) is 16.5. The molecule has 0 aromatic heterocycles. The summed E-state index contributed by atoms with van der Waals surface area (Å²) in [7, 11) is 0. The van der Waals surface area contributed by atoms with E-state index < -0.39 is 77.1 Å². The highest BCUT2D eigenvalue weighted by Gasteiger charge is 2.76. The van der Waals surface area contributed by atoms with Gasteiger partial charge in [-0.15, -0.1) is 0 Å². The van der Waals surface area contributed by atoms with Crippen molar-refractivity contribution < 1.29 is 52.8 Å². The van der Waals surface area contributed by atoms with Gasteiger partial charge in [0, 0.05) is 38.6 Å². The Bertz CT molecular complexity index is 2020. The number of esters is 2. The highest BCUT2D eigenvalue weighted by molar-refractivity contribution is 5.94. The number of nitrogens with zero attached hydrogens (tertiary/aromatic N) is 1. The van der Waals surface area contributed by atoms with Gasteiger partial charge in [0.05, 0.1) is 30.9 Å². The highest BCUT2D eigenvalue weighted by Crippen LogP contribution is 2.61. The first-order chi connectivity index (χ1) is 32.3. The Kier molecular flexibility index (Phi) is 15.3. The van der Waals surface area contributed by atoms with Crippen molar-refractivity contribution in [1.82, 2.24) is 15.7 Å². The number of fused-ring (bicyclic) bond motifs is 6. The number of hydrogen-bond donors (Lipinski definition) is 3. The molecule has 11 atom stereocenters. The Balaban J connectivity index is 1.05. The Morgan fingerprint density at radius 2 is 1.68 bits per heavy atom. The van der Waals surface area contributed by atoms with E-state index in [1.165, 1.54) is 5.57 Å². The Morgan fingerprint density at radius 3 is 2.37 bits per heavy atom. The molecule has 0 radical (unpaired) electrons. The van der Waals surface area contributed by atoms with E-state index in [1.54, 1.807) is 25.8 Å². The summed E-state index contributed by atoms with van der Waals surface area (Å²) in [6, 6.07) is 6.53. The van der Waals surface area contributed by atoms with Crippen LogP contribution < -0.4 is 10.6 Å². The van der Waals surface area contributed by atoms with E-state index >= 15 is 4.79 Å². The maximum absolute atomic E-state index is 15.1. The summed E-state index contributed by atoms with van der Waals surface area (Å²) in [5.74, 6) is -1.57. The second-order valence-corrected chi connectivity index (χ2v) is 23.1. The lowest BCUT2D eigenvalue weighted by Crippen LogP contribution is -2.69. The predicted molar refractivity (Wildman–Crippen MR) is 255 cm³/mol. The quantitative estimate of drug-likeness (QED) is 0.0654. The van der Waals surface area contributed by atoms with Gasteiger partial charge in [-0.05, 0) is 107 Å². The molecule has 4 heterocycles. The van der Waals surface area contributed by atoms with Crippen molar-refractivity contribution in [2.45, 2.75) is 231 Å². The number of benzene rings is 1. The number of allylic oxidation sites excluding steroid dienone is 1. The van der Waals surface area contributed by atoms with Crippen molar-refractivity contribution in [1.29, 1.82) is 0 Å². The molecule has 1 aromatic rings. The van der Waals surface area contributed by atoms with Crippen LogP contribution in [0.4, 0.5) is 0 Å². The Labute approximate surface area is 404 Å². The second kappa shape index (κ2) is 20.4. The minimum Gasteiger partial charge on any atom is -0.460 e. The fraction of sp³-hybridized carbons (Fsp3) is 0.778. The molecule has 0 spiro atoms. The van der Waals surface area contributed by atoms with Crippen LogP contribution in [0.2, 0.25) is 0 Å². The molecule has 4 aliphatic heterocycles. The second-order valence-electron chi connectivity index (χ2n) is 23.1. The number of unbranched alkanes of at least 4 members (excludes halogenated alkanes) is 4. The molecule has 11 unspecified atom stereocenters. The number of carbonyl (C=O) groups is 4. The number of hydrogen-bond acceptors (Lipinski definition) is 12. The van der Waals surface area contributed by atoms with Crippen LogP contribution >= 0.6 is 0 Å². The smallest absolute Gasteiger partial charge is 0.327 e. The van der Waals surface area contributed by atoms with Gasteiger partial charge in [-0.1, -0.05) is 89.3 Å². The number of hydroxylamine groups is 2. The third kappa shape index (κ3) is 10.6. The lowest BCUT2D eigenvalue weighted by Gasteiger charge is -2.53. The number of ether oxygens (including phenoxy) is 5. The van der Waals surface area contributed by atoms with Crippen molar-refractivity contribution in [3.05, 3.63) is 41.0 Å². The van der Waals surface area contributed by atoms with Crippen molar-refractivity contribution in [2.24, 2.45) is 22.7 Å². The molecule has 68 heavy (non-hydrogen) atoms. The molecule has 2 bridgehead atoms. The number of carbonyl (C=O) groups excluding carboxylic acids is 4. The monoisotopic (exact) mass is 948 g/mol. The van der Waals surface area contributed by atoms with Gasteiger partial charge in [0.2, 0.25) is 11.8 Å². The minimum absolute atomic E-state index is 0.0130. The van der Waals surface area contributed by atoms with Gasteiger partial charge in [-0.3, -0.25) is 24.0 Å². The Morgan fingerprint density at radius 1 is 0.956 bits per heavy atom. The maximum Gasteiger partial charge on any atom is 0.327 e. The van der Waals surface area contributed by atoms with Crippen LogP contribution in [0.15, 0.2) is 29.8 Å². The summed E-state index contributed by atoms with van der Waals surface area (Å²) < 4.78 is 32.1. The van der Waals surface area contributed by atoms with E-state index in [1.807, 2.05) is 6.07 Å². The molecular weight excluding hydrogens is 867 g/mol. The average molecular weight is 948 g/mol. The first kappa shape index (κ1) is 51.0. The van der Waals surface area contributed by atoms with Crippen LogP contribution in [0.25, 0.3) is 6.08 Å². The lowest BCUT2D eigenvalue weighted by atomic mass is 9.52. The van der Waals surface area contributed by atoms with Crippen LogP contribution in [0.1, 0.15) is 176 Å². The first-order valence-corrected chi connectivity index (χ1v) is 26.2. The largest absolute Gasteiger partial charge is 0.460 e. The molecule has 2 amide bonds. The summed E-state index contributed by atoms with van der Waals surface area (Å²) in [6.07, 6.45) is 12.8. The molecule has 8 rings (SSSR count). The van der Waals surface area contributed by atoms with Gasteiger partial charge in [0.15, 0.2) is 11.8 Å². The van der Waals surface area contributed by atoms with E-state index in [0.29, 0.717) is 24.7 Å². The zero-order valence-corrected chi connectivity index (χ0v) is 42.2. The van der Waals surface area contributed by atoms with Crippen LogP contribution in [-0.4, -0.2) is 107 Å². The molecule has 7 aliphatic rings. The van der Waals surface area contributed by atoms with Crippen molar-refractivity contribution >= 4 is 29.8 Å². The van der Waals surface area contributed by atoms with Crippen LogP contribution in [-0.2, 0) is 54.2 Å². The molecule has 1 aromatic carbocycles. The molecule has 14 nitrogen and oxygen atoms in total. The summed E-state index contributed by atoms with van der Waals surface area (Å²) in [4.78, 5) is 62.3. The first-order valence-electron chi connectivity index (χ1n) is 26.2. The third-order valence-corrected chi connectivity index (χ3v) is 16.5. The maximum atomic E-state index is 15.1. The van der Waals surface area contributed by atoms with Gasteiger partial charge in [-0.2, -0.15) is 5.06 Å². The number of nitrogens with one attached hydrogen (secondary N) is 2. The SMILES string of the molecule is CCCCCC1(CCCCC)OC2C3CC4(C(=O)NCCC(=O)NC(CO)CCC(=O)OC(C)(C)C)C(ON(Cc5ccccc5C=C5CCC6OC6(C)CCC6C5CC6(C)C)C4C(=O)O3)C2O1. The average Bonchev–Trinajstić information content (AvgIpc) is 3.55. The molecular formula is C54H81N3O11. The summed E-state index contributed by atoms with van der Waals surface area (Å²) in [6.45, 7) is 16.6. The number of aliphatic hydroxyl groups excluding tert-OH is 1. The highest BCUT2D eigenvalue weighted by atomic mass is 16.8. The number of rotatable bonds is 20. The van der Waals surface area contributed by atoms with Crippen molar-refractivity contribution in [3.8, 4) is 0 Å². The van der Waals surface area contributed by atoms with Gasteiger partial charge in [0.1, 0.15) is 35.4 Å². The van der Waals surface area contributed by atoms with Gasteiger partial charge < -0.3 is 39.4 Å². The molecule has 3 N–H and O–H groups in total. The summed E-state index contributed by atoms with van der Waals surface area (Å²) in [5.41, 5.74) is 1.69. The van der Waals surface area contributed by atoms with E-state index in [9.17, 15) is 19.5 Å². The predicted octanol–water partition coefficient (Wildman–Crippen LogP) is 8.01. The zero-order valence-electron chi connectivity index (χ0n) is 42.2. The molecule has 3 aliphatic carbocycles. The van der Waals surface area contributed by atoms with Crippen LogP contribution in [0.3, 0.4) is 0 Å². The normalized spacial score (nSPS) is 34.2. The van der Waals surface area contributed by atoms with Crippen LogP contribution in [0, 0.1) is 22.7 Å². The number of aliphatic hydroxyl groups is 1. The van der Waals surface area contributed by atoms with Gasteiger partial charge in [-0.25, -0.2) is 0 Å². The van der Waals surface area contributed by atoms with Gasteiger partial charge in [0.25, 0.3) is 0 Å². The fourth-order valence-electron chi connectivity index (χ4n) is 12.7. The molecule has 4 saturated heterocycles. The van der Waals surface area contributed by atoms with Gasteiger partial charge >= 0.3 is 11.9 Å². The molecule has 3 saturated carbocycles. The number of epoxide rings is 1. The molecule has 14 heteroatoms. The van der Waals surface area contributed by atoms with E-state index in [-0.39, 0.29) is 62.5 Å². The van der Waals surface area contributed by atoms with Crippen LogP contribution in [0.5, 0.6) is 0 Å². The topological polar surface area (TPSA) is 174 Å². The molecule has 7 fully saturated rings. The summed E-state index contributed by atoms with van der Waals surface area (Å²) in [5, 5.41) is 17.5. The Hall–Kier alpha value is -3.40. The van der Waals surface area contributed by atoms with Crippen molar-refractivity contribution in [2.75, 3.05) is 13.2 Å². The van der Waals surface area contributed by atoms with Crippen molar-refractivity contribution in [3.63, 3.8) is 0 Å². The standard InChI is InChI=1S/C54H81N3O11/c1-9-11-15-25-53(26-16-12-10-2)66-44-40-31-54(49(62)55-28-24-42(59)56-37(33-58)20-22-43(60)65-50(3,4)5)46(48(61)63-40)57(68-47(54)45(44)67-53)32-36-18-14-13-17-34(36)29-35-19-21-41-52(8,64-41)27-23-39-38(35)30-51(39,6)7/h13-14,17-18,29,37-41,44-47,58H,9-12,15-16,19-28,30-33H2,1-8H3,(H,55,62)(H,56,59). The van der Waals surface area contributed by atoms with E-state index in [2.05, 4.69) is 69.5 Å². The van der Waals surface area contributed by atoms with E-state index in [4.69, 9.17) is 28.5 Å².